The number of amides is 1. The molecule has 154 valence electrons. The molecule has 1 amide bonds. The lowest BCUT2D eigenvalue weighted by atomic mass is 9.97. The van der Waals surface area contributed by atoms with Crippen LogP contribution < -0.4 is 0 Å². The van der Waals surface area contributed by atoms with Crippen molar-refractivity contribution in [2.45, 2.75) is 33.1 Å². The van der Waals surface area contributed by atoms with Gasteiger partial charge >= 0.3 is 17.9 Å². The SMILES string of the molecule is CCc1[nH]c(C(=O)OCC(=O)N2CCC(C(=O)OC)CC2)c(C)c1C(=O)OC. The Labute approximate surface area is 163 Å². The molecule has 0 aromatic carbocycles. The number of aryl methyl sites for hydroxylation is 1. The van der Waals surface area contributed by atoms with E-state index in [4.69, 9.17) is 14.2 Å². The highest BCUT2D eigenvalue weighted by Gasteiger charge is 2.29. The maximum Gasteiger partial charge on any atom is 0.355 e. The molecule has 1 N–H and O–H groups in total. The van der Waals surface area contributed by atoms with E-state index in [-0.39, 0.29) is 23.5 Å². The zero-order valence-corrected chi connectivity index (χ0v) is 16.6. The number of likely N-dealkylation sites (tertiary alicyclic amines) is 1. The second-order valence-corrected chi connectivity index (χ2v) is 6.58. The van der Waals surface area contributed by atoms with Gasteiger partial charge in [-0.25, -0.2) is 9.59 Å². The molecule has 0 saturated carbocycles. The molecule has 0 aliphatic carbocycles. The van der Waals surface area contributed by atoms with Gasteiger partial charge in [0.1, 0.15) is 5.69 Å². The van der Waals surface area contributed by atoms with Gasteiger partial charge in [-0.2, -0.15) is 0 Å². The second-order valence-electron chi connectivity index (χ2n) is 6.58. The van der Waals surface area contributed by atoms with Crippen LogP contribution in [-0.2, 0) is 30.2 Å². The maximum atomic E-state index is 12.4. The number of piperidine rings is 1. The molecule has 1 saturated heterocycles. The Kier molecular flexibility index (Phi) is 7.19. The maximum absolute atomic E-state index is 12.4. The molecule has 0 unspecified atom stereocenters. The standard InChI is InChI=1S/C19H26N2O7/c1-5-13-15(18(24)27-4)11(2)16(20-13)19(25)28-10-14(22)21-8-6-12(7-9-21)17(23)26-3/h12,20H,5-10H2,1-4H3. The third-order valence-electron chi connectivity index (χ3n) is 4.98. The monoisotopic (exact) mass is 394 g/mol. The number of methoxy groups -OCH3 is 2. The minimum absolute atomic E-state index is 0.134. The first kappa shape index (κ1) is 21.5. The molecule has 0 bridgehead atoms. The molecule has 0 atom stereocenters. The number of nitrogens with one attached hydrogen (secondary N) is 1. The average Bonchev–Trinajstić information content (AvgIpc) is 3.07. The molecule has 2 heterocycles. The van der Waals surface area contributed by atoms with E-state index in [1.54, 1.807) is 11.8 Å². The smallest absolute Gasteiger partial charge is 0.355 e. The first-order valence-corrected chi connectivity index (χ1v) is 9.16. The summed E-state index contributed by atoms with van der Waals surface area (Å²) in [5, 5.41) is 0. The fourth-order valence-corrected chi connectivity index (χ4v) is 3.33. The van der Waals surface area contributed by atoms with Crippen LogP contribution in [0.25, 0.3) is 0 Å². The Bertz CT molecular complexity index is 761. The number of carbonyl (C=O) groups excluding carboxylic acids is 4. The van der Waals surface area contributed by atoms with Crippen LogP contribution >= 0.6 is 0 Å². The van der Waals surface area contributed by atoms with Crippen LogP contribution in [0, 0.1) is 12.8 Å². The molecule has 1 aromatic rings. The van der Waals surface area contributed by atoms with E-state index < -0.39 is 18.5 Å². The van der Waals surface area contributed by atoms with Gasteiger partial charge in [-0.1, -0.05) is 6.92 Å². The van der Waals surface area contributed by atoms with Gasteiger partial charge in [0, 0.05) is 18.8 Å². The number of H-pyrrole nitrogens is 1. The number of aromatic nitrogens is 1. The minimum atomic E-state index is -0.708. The molecule has 28 heavy (non-hydrogen) atoms. The van der Waals surface area contributed by atoms with Crippen LogP contribution in [0.5, 0.6) is 0 Å². The van der Waals surface area contributed by atoms with E-state index >= 15 is 0 Å². The third-order valence-corrected chi connectivity index (χ3v) is 4.98. The van der Waals surface area contributed by atoms with Crippen LogP contribution in [-0.4, -0.2) is 67.6 Å². The summed E-state index contributed by atoms with van der Waals surface area (Å²) < 4.78 is 14.6. The van der Waals surface area contributed by atoms with E-state index in [9.17, 15) is 19.2 Å². The zero-order valence-electron chi connectivity index (χ0n) is 16.6. The molecule has 1 aromatic heterocycles. The topological polar surface area (TPSA) is 115 Å². The fraction of sp³-hybridized carbons (Fsp3) is 0.579. The van der Waals surface area contributed by atoms with Gasteiger partial charge < -0.3 is 24.1 Å². The molecule has 9 nitrogen and oxygen atoms in total. The van der Waals surface area contributed by atoms with Crippen LogP contribution in [0.15, 0.2) is 0 Å². The number of aromatic amines is 1. The Hall–Kier alpha value is -2.84. The van der Waals surface area contributed by atoms with Crippen LogP contribution in [0.1, 0.15) is 51.9 Å². The zero-order chi connectivity index (χ0) is 20.8. The van der Waals surface area contributed by atoms with Gasteiger partial charge in [0.25, 0.3) is 5.91 Å². The molecule has 0 radical (unpaired) electrons. The molecule has 1 aliphatic heterocycles. The Morgan fingerprint density at radius 1 is 1.07 bits per heavy atom. The highest BCUT2D eigenvalue weighted by Crippen LogP contribution is 2.21. The van der Waals surface area contributed by atoms with Crippen molar-refractivity contribution in [3.63, 3.8) is 0 Å². The van der Waals surface area contributed by atoms with Crippen molar-refractivity contribution in [3.8, 4) is 0 Å². The summed E-state index contributed by atoms with van der Waals surface area (Å²) in [4.78, 5) is 52.6. The summed E-state index contributed by atoms with van der Waals surface area (Å²) in [5.41, 5.74) is 1.45. The number of hydrogen-bond acceptors (Lipinski definition) is 7. The van der Waals surface area contributed by atoms with Gasteiger partial charge in [0.05, 0.1) is 25.7 Å². The summed E-state index contributed by atoms with van der Waals surface area (Å²) in [6.45, 7) is 3.87. The number of hydrogen-bond donors (Lipinski definition) is 1. The summed E-state index contributed by atoms with van der Waals surface area (Å²) in [5.74, 6) is -2.05. The molecule has 9 heteroatoms. The Morgan fingerprint density at radius 2 is 1.71 bits per heavy atom. The van der Waals surface area contributed by atoms with Crippen LogP contribution in [0.4, 0.5) is 0 Å². The molecule has 0 spiro atoms. The lowest BCUT2D eigenvalue weighted by molar-refractivity contribution is -0.149. The quantitative estimate of drug-likeness (QED) is 0.570. The van der Waals surface area contributed by atoms with Crippen molar-refractivity contribution in [2.75, 3.05) is 33.9 Å². The lowest BCUT2D eigenvalue weighted by Gasteiger charge is -2.30. The summed E-state index contributed by atoms with van der Waals surface area (Å²) in [7, 11) is 2.62. The largest absolute Gasteiger partial charge is 0.469 e. The molecular formula is C19H26N2O7. The fourth-order valence-electron chi connectivity index (χ4n) is 3.33. The first-order chi connectivity index (χ1) is 13.3. The van der Waals surface area contributed by atoms with E-state index in [0.717, 1.165) is 0 Å². The molecular weight excluding hydrogens is 368 g/mol. The summed E-state index contributed by atoms with van der Waals surface area (Å²) in [6.07, 6.45) is 1.54. The van der Waals surface area contributed by atoms with E-state index in [1.807, 2.05) is 6.92 Å². The predicted octanol–water partition coefficient (Wildman–Crippen LogP) is 1.24. The van der Waals surface area contributed by atoms with Gasteiger partial charge in [-0.15, -0.1) is 0 Å². The average molecular weight is 394 g/mol. The summed E-state index contributed by atoms with van der Waals surface area (Å²) >= 11 is 0. The van der Waals surface area contributed by atoms with Crippen molar-refractivity contribution in [1.29, 1.82) is 0 Å². The van der Waals surface area contributed by atoms with Crippen molar-refractivity contribution in [3.05, 3.63) is 22.5 Å². The Balaban J connectivity index is 1.96. The molecule has 1 aliphatic rings. The normalized spacial score (nSPS) is 14.5. The van der Waals surface area contributed by atoms with Crippen molar-refractivity contribution >= 4 is 23.8 Å². The number of esters is 3. The lowest BCUT2D eigenvalue weighted by Crippen LogP contribution is -2.42. The van der Waals surface area contributed by atoms with Gasteiger partial charge in [0.2, 0.25) is 0 Å². The molecule has 2 rings (SSSR count). The van der Waals surface area contributed by atoms with Gasteiger partial charge in [-0.3, -0.25) is 9.59 Å². The van der Waals surface area contributed by atoms with E-state index in [0.29, 0.717) is 49.2 Å². The van der Waals surface area contributed by atoms with E-state index in [1.165, 1.54) is 14.2 Å². The molecule has 1 fully saturated rings. The van der Waals surface area contributed by atoms with Crippen molar-refractivity contribution in [2.24, 2.45) is 5.92 Å². The van der Waals surface area contributed by atoms with Crippen molar-refractivity contribution in [1.82, 2.24) is 9.88 Å². The number of nitrogens with zero attached hydrogens (tertiary/aromatic N) is 1. The number of ether oxygens (including phenoxy) is 3. The van der Waals surface area contributed by atoms with Gasteiger partial charge in [0.15, 0.2) is 6.61 Å². The van der Waals surface area contributed by atoms with Crippen LogP contribution in [0.3, 0.4) is 0 Å². The second kappa shape index (κ2) is 9.38. The van der Waals surface area contributed by atoms with E-state index in [2.05, 4.69) is 4.98 Å². The Morgan fingerprint density at radius 3 is 2.25 bits per heavy atom. The van der Waals surface area contributed by atoms with Crippen molar-refractivity contribution < 1.29 is 33.4 Å². The first-order valence-electron chi connectivity index (χ1n) is 9.16. The number of rotatable bonds is 6. The highest BCUT2D eigenvalue weighted by molar-refractivity contribution is 5.99. The summed E-state index contributed by atoms with van der Waals surface area (Å²) in [6, 6.07) is 0. The third kappa shape index (κ3) is 4.52. The minimum Gasteiger partial charge on any atom is -0.469 e. The van der Waals surface area contributed by atoms with Gasteiger partial charge in [-0.05, 0) is 31.7 Å². The predicted molar refractivity (Wildman–Crippen MR) is 97.8 cm³/mol. The van der Waals surface area contributed by atoms with Crippen LogP contribution in [0.2, 0.25) is 0 Å². The number of carbonyl (C=O) groups is 4. The highest BCUT2D eigenvalue weighted by atomic mass is 16.5.